The van der Waals surface area contributed by atoms with Gasteiger partial charge in [-0.2, -0.15) is 0 Å². The molecular formula is C20H17Cl2N3O3. The molecule has 0 radical (unpaired) electrons. The fourth-order valence-corrected chi connectivity index (χ4v) is 3.14. The molecule has 2 N–H and O–H groups in total. The minimum atomic E-state index is -0.347. The molecule has 0 bridgehead atoms. The van der Waals surface area contributed by atoms with Gasteiger partial charge in [0.25, 0.3) is 11.8 Å². The minimum Gasteiger partial charge on any atom is -0.361 e. The number of carbonyl (C=O) groups excluding carboxylic acids is 2. The van der Waals surface area contributed by atoms with Crippen molar-refractivity contribution in [1.82, 2.24) is 10.5 Å². The first kappa shape index (κ1) is 19.9. The van der Waals surface area contributed by atoms with Crippen LogP contribution in [0.4, 0.5) is 5.69 Å². The maximum Gasteiger partial charge on any atom is 0.255 e. The van der Waals surface area contributed by atoms with E-state index in [0.717, 1.165) is 11.3 Å². The van der Waals surface area contributed by atoms with Crippen molar-refractivity contribution >= 4 is 40.7 Å². The van der Waals surface area contributed by atoms with Gasteiger partial charge in [-0.05, 0) is 56.3 Å². The number of hydrogen-bond acceptors (Lipinski definition) is 4. The number of nitrogens with zero attached hydrogens (tertiary/aromatic N) is 1. The van der Waals surface area contributed by atoms with Gasteiger partial charge in [0.1, 0.15) is 5.76 Å². The quantitative estimate of drug-likeness (QED) is 0.625. The molecule has 8 heteroatoms. The Bertz CT molecular complexity index is 990. The molecule has 1 heterocycles. The lowest BCUT2D eigenvalue weighted by molar-refractivity contribution is 0.0950. The molecule has 3 aromatic rings. The number of nitrogens with one attached hydrogen (secondary N) is 2. The maximum atomic E-state index is 12.3. The molecule has 0 aliphatic rings. The predicted molar refractivity (Wildman–Crippen MR) is 108 cm³/mol. The van der Waals surface area contributed by atoms with Crippen molar-refractivity contribution in [3.05, 3.63) is 80.7 Å². The first-order valence-electron chi connectivity index (χ1n) is 8.41. The number of rotatable bonds is 5. The van der Waals surface area contributed by atoms with Gasteiger partial charge in [-0.15, -0.1) is 0 Å². The largest absolute Gasteiger partial charge is 0.361 e. The second-order valence-electron chi connectivity index (χ2n) is 6.17. The van der Waals surface area contributed by atoms with E-state index in [9.17, 15) is 9.59 Å². The molecule has 2 aromatic carbocycles. The third-order valence-electron chi connectivity index (χ3n) is 4.14. The van der Waals surface area contributed by atoms with E-state index < -0.39 is 0 Å². The van der Waals surface area contributed by atoms with Crippen molar-refractivity contribution in [1.29, 1.82) is 0 Å². The van der Waals surface area contributed by atoms with E-state index >= 15 is 0 Å². The van der Waals surface area contributed by atoms with Gasteiger partial charge in [-0.3, -0.25) is 9.59 Å². The molecule has 2 amide bonds. The van der Waals surface area contributed by atoms with Crippen molar-refractivity contribution in [3.63, 3.8) is 0 Å². The first-order chi connectivity index (χ1) is 13.3. The van der Waals surface area contributed by atoms with Crippen molar-refractivity contribution in [2.24, 2.45) is 0 Å². The SMILES string of the molecule is Cc1noc(C)c1CNC(=O)c1ccc(NC(=O)c2cc(Cl)cc(Cl)c2)cc1. The van der Waals surface area contributed by atoms with Crippen LogP contribution in [0.2, 0.25) is 10.0 Å². The Morgan fingerprint density at radius 2 is 1.61 bits per heavy atom. The molecule has 0 saturated heterocycles. The first-order valence-corrected chi connectivity index (χ1v) is 9.16. The smallest absolute Gasteiger partial charge is 0.255 e. The number of halogens is 2. The van der Waals surface area contributed by atoms with Crippen LogP contribution in [0.1, 0.15) is 37.7 Å². The van der Waals surface area contributed by atoms with Crippen molar-refractivity contribution < 1.29 is 14.1 Å². The van der Waals surface area contributed by atoms with E-state index in [1.165, 1.54) is 12.1 Å². The number of benzene rings is 2. The van der Waals surface area contributed by atoms with Crippen molar-refractivity contribution in [2.75, 3.05) is 5.32 Å². The summed E-state index contributed by atoms with van der Waals surface area (Å²) in [7, 11) is 0. The molecule has 0 atom stereocenters. The molecule has 0 spiro atoms. The Labute approximate surface area is 171 Å². The van der Waals surface area contributed by atoms with Crippen molar-refractivity contribution in [3.8, 4) is 0 Å². The minimum absolute atomic E-state index is 0.237. The normalized spacial score (nSPS) is 10.6. The summed E-state index contributed by atoms with van der Waals surface area (Å²) < 4.78 is 5.08. The summed E-state index contributed by atoms with van der Waals surface area (Å²) in [5.74, 6) is 0.0940. The van der Waals surface area contributed by atoms with Crippen LogP contribution in [0.3, 0.4) is 0 Å². The second-order valence-corrected chi connectivity index (χ2v) is 7.05. The molecule has 1 aromatic heterocycles. The van der Waals surface area contributed by atoms with Crippen LogP contribution in [0.25, 0.3) is 0 Å². The van der Waals surface area contributed by atoms with E-state index in [1.807, 2.05) is 6.92 Å². The summed E-state index contributed by atoms with van der Waals surface area (Å²) >= 11 is 11.8. The topological polar surface area (TPSA) is 84.2 Å². The summed E-state index contributed by atoms with van der Waals surface area (Å²) in [4.78, 5) is 24.6. The number of anilines is 1. The Kier molecular flexibility index (Phi) is 6.02. The van der Waals surface area contributed by atoms with Gasteiger partial charge in [0.15, 0.2) is 0 Å². The molecule has 0 saturated carbocycles. The van der Waals surface area contributed by atoms with Gasteiger partial charge in [0.05, 0.1) is 5.69 Å². The fraction of sp³-hybridized carbons (Fsp3) is 0.150. The molecule has 6 nitrogen and oxygen atoms in total. The van der Waals surface area contributed by atoms with Crippen molar-refractivity contribution in [2.45, 2.75) is 20.4 Å². The second kappa shape index (κ2) is 8.46. The summed E-state index contributed by atoms with van der Waals surface area (Å²) in [5, 5.41) is 10.2. The summed E-state index contributed by atoms with van der Waals surface area (Å²) in [6.45, 7) is 3.95. The zero-order chi connectivity index (χ0) is 20.3. The highest BCUT2D eigenvalue weighted by molar-refractivity contribution is 6.35. The van der Waals surface area contributed by atoms with E-state index in [1.54, 1.807) is 37.3 Å². The zero-order valence-electron chi connectivity index (χ0n) is 15.2. The highest BCUT2D eigenvalue weighted by Gasteiger charge is 2.12. The standard InChI is InChI=1S/C20H17Cl2N3O3/c1-11-18(12(2)28-25-11)10-23-19(26)13-3-5-17(6-4-13)24-20(27)14-7-15(21)9-16(22)8-14/h3-9H,10H2,1-2H3,(H,23,26)(H,24,27). The Morgan fingerprint density at radius 3 is 2.18 bits per heavy atom. The monoisotopic (exact) mass is 417 g/mol. The van der Waals surface area contributed by atoms with Gasteiger partial charge in [0, 0.05) is 39.0 Å². The van der Waals surface area contributed by atoms with Crippen LogP contribution in [0.5, 0.6) is 0 Å². The number of aryl methyl sites for hydroxylation is 2. The predicted octanol–water partition coefficient (Wildman–Crippen LogP) is 4.78. The molecule has 28 heavy (non-hydrogen) atoms. The van der Waals surface area contributed by atoms with E-state index in [-0.39, 0.29) is 11.8 Å². The number of carbonyl (C=O) groups is 2. The van der Waals surface area contributed by atoms with Crippen LogP contribution in [0.15, 0.2) is 47.0 Å². The average Bonchev–Trinajstić information content (AvgIpc) is 2.97. The third-order valence-corrected chi connectivity index (χ3v) is 4.57. The van der Waals surface area contributed by atoms with E-state index in [4.69, 9.17) is 27.7 Å². The highest BCUT2D eigenvalue weighted by Crippen LogP contribution is 2.20. The van der Waals surface area contributed by atoms with Crippen LogP contribution < -0.4 is 10.6 Å². The molecule has 0 fully saturated rings. The summed E-state index contributed by atoms with van der Waals surface area (Å²) in [5.41, 5.74) is 2.96. The van der Waals surface area contributed by atoms with Gasteiger partial charge in [0.2, 0.25) is 0 Å². The van der Waals surface area contributed by atoms with E-state index in [2.05, 4.69) is 15.8 Å². The molecule has 0 unspecified atom stereocenters. The summed E-state index contributed by atoms with van der Waals surface area (Å²) in [6, 6.07) is 11.2. The lowest BCUT2D eigenvalue weighted by atomic mass is 10.1. The zero-order valence-corrected chi connectivity index (χ0v) is 16.7. The highest BCUT2D eigenvalue weighted by atomic mass is 35.5. The molecule has 0 aliphatic heterocycles. The molecule has 144 valence electrons. The van der Waals surface area contributed by atoms with Gasteiger partial charge in [-0.25, -0.2) is 0 Å². The van der Waals surface area contributed by atoms with E-state index in [0.29, 0.717) is 39.2 Å². The molecule has 0 aliphatic carbocycles. The fourth-order valence-electron chi connectivity index (χ4n) is 2.62. The van der Waals surface area contributed by atoms with Crippen LogP contribution in [-0.2, 0) is 6.54 Å². The maximum absolute atomic E-state index is 12.3. The Morgan fingerprint density at radius 1 is 0.964 bits per heavy atom. The molecular weight excluding hydrogens is 401 g/mol. The lowest BCUT2D eigenvalue weighted by Gasteiger charge is -2.08. The van der Waals surface area contributed by atoms with Crippen LogP contribution >= 0.6 is 23.2 Å². The Balaban J connectivity index is 1.62. The van der Waals surface area contributed by atoms with Gasteiger partial charge < -0.3 is 15.2 Å². The lowest BCUT2D eigenvalue weighted by Crippen LogP contribution is -2.23. The van der Waals surface area contributed by atoms with Gasteiger partial charge in [-0.1, -0.05) is 28.4 Å². The molecule has 3 rings (SSSR count). The number of aromatic nitrogens is 1. The number of hydrogen-bond donors (Lipinski definition) is 2. The summed E-state index contributed by atoms with van der Waals surface area (Å²) in [6.07, 6.45) is 0. The van der Waals surface area contributed by atoms with Crippen LogP contribution in [0, 0.1) is 13.8 Å². The number of amides is 2. The third kappa shape index (κ3) is 4.71. The average molecular weight is 418 g/mol. The Hall–Kier alpha value is -2.83. The van der Waals surface area contributed by atoms with Crippen LogP contribution in [-0.4, -0.2) is 17.0 Å². The van der Waals surface area contributed by atoms with Gasteiger partial charge >= 0.3 is 0 Å².